The number of alkyl halides is 3. The molecule has 1 N–H and O–H groups in total. The molecule has 1 fully saturated rings. The molecule has 1 aliphatic heterocycles. The van der Waals surface area contributed by atoms with E-state index in [1.54, 1.807) is 13.2 Å². The standard InChI is InChI=1S/C24H30F3N5O4/c1-23(2,3)18(35-4)15-28-22(34)36-20-10-9-19(29-30-20)31-11-13-32(14-12-31)21(33)16-7-5-6-8-17(16)24(25,26)27/h5-10,18H,11-15H2,1-4H3,(H,28,34). The van der Waals surface area contributed by atoms with Gasteiger partial charge in [0.2, 0.25) is 5.88 Å². The molecule has 0 bridgehead atoms. The SMILES string of the molecule is COC(CNC(=O)Oc1ccc(N2CCN(C(=O)c3ccccc3C(F)(F)F)CC2)nn1)C(C)(C)C. The number of piperazine rings is 1. The Morgan fingerprint density at radius 2 is 1.69 bits per heavy atom. The number of halogens is 3. The third kappa shape index (κ3) is 6.84. The lowest BCUT2D eigenvalue weighted by Gasteiger charge is -2.35. The van der Waals surface area contributed by atoms with Crippen molar-refractivity contribution in [2.45, 2.75) is 33.1 Å². The van der Waals surface area contributed by atoms with Crippen LogP contribution in [0.15, 0.2) is 36.4 Å². The van der Waals surface area contributed by atoms with Gasteiger partial charge in [-0.05, 0) is 23.6 Å². The van der Waals surface area contributed by atoms with Crippen LogP contribution in [-0.2, 0) is 10.9 Å². The van der Waals surface area contributed by atoms with Crippen LogP contribution in [-0.4, -0.2) is 73.0 Å². The summed E-state index contributed by atoms with van der Waals surface area (Å²) in [7, 11) is 1.57. The van der Waals surface area contributed by atoms with Crippen LogP contribution < -0.4 is 15.0 Å². The third-order valence-electron chi connectivity index (χ3n) is 5.86. The number of ether oxygens (including phenoxy) is 2. The lowest BCUT2D eigenvalue weighted by molar-refractivity contribution is -0.138. The first-order chi connectivity index (χ1) is 16.9. The molecule has 0 aliphatic carbocycles. The number of hydrogen-bond acceptors (Lipinski definition) is 7. The Morgan fingerprint density at radius 1 is 1.03 bits per heavy atom. The number of carbonyl (C=O) groups is 2. The van der Waals surface area contributed by atoms with E-state index in [2.05, 4.69) is 15.5 Å². The summed E-state index contributed by atoms with van der Waals surface area (Å²) in [5.74, 6) is -0.151. The number of nitrogens with zero attached hydrogens (tertiary/aromatic N) is 4. The molecule has 0 saturated carbocycles. The van der Waals surface area contributed by atoms with Gasteiger partial charge in [0.1, 0.15) is 0 Å². The van der Waals surface area contributed by atoms with Crippen LogP contribution in [0.2, 0.25) is 0 Å². The van der Waals surface area contributed by atoms with Crippen molar-refractivity contribution < 1.29 is 32.2 Å². The summed E-state index contributed by atoms with van der Waals surface area (Å²) in [4.78, 5) is 28.1. The van der Waals surface area contributed by atoms with E-state index in [-0.39, 0.29) is 42.6 Å². The Hall–Kier alpha value is -3.41. The molecule has 1 saturated heterocycles. The van der Waals surface area contributed by atoms with Gasteiger partial charge in [0.15, 0.2) is 5.82 Å². The van der Waals surface area contributed by atoms with Crippen molar-refractivity contribution in [3.05, 3.63) is 47.5 Å². The highest BCUT2D eigenvalue weighted by Gasteiger charge is 2.36. The summed E-state index contributed by atoms with van der Waals surface area (Å²) in [6.45, 7) is 7.42. The molecule has 1 aromatic carbocycles. The van der Waals surface area contributed by atoms with Gasteiger partial charge in [0.05, 0.1) is 17.2 Å². The van der Waals surface area contributed by atoms with Crippen molar-refractivity contribution in [1.29, 1.82) is 0 Å². The van der Waals surface area contributed by atoms with E-state index in [1.807, 2.05) is 25.7 Å². The molecule has 1 atom stereocenters. The van der Waals surface area contributed by atoms with Crippen molar-refractivity contribution in [2.75, 3.05) is 44.7 Å². The Kier molecular flexibility index (Phi) is 8.39. The van der Waals surface area contributed by atoms with Crippen molar-refractivity contribution >= 4 is 17.8 Å². The number of carbonyl (C=O) groups excluding carboxylic acids is 2. The highest BCUT2D eigenvalue weighted by atomic mass is 19.4. The molecular weight excluding hydrogens is 479 g/mol. The molecule has 1 aromatic heterocycles. The predicted molar refractivity (Wildman–Crippen MR) is 126 cm³/mol. The Bertz CT molecular complexity index is 1050. The Morgan fingerprint density at radius 3 is 2.25 bits per heavy atom. The van der Waals surface area contributed by atoms with Crippen LogP contribution in [0.5, 0.6) is 5.88 Å². The van der Waals surface area contributed by atoms with Gasteiger partial charge in [0, 0.05) is 45.9 Å². The fourth-order valence-electron chi connectivity index (χ4n) is 3.81. The Balaban J connectivity index is 1.53. The number of aromatic nitrogens is 2. The van der Waals surface area contributed by atoms with Gasteiger partial charge in [-0.1, -0.05) is 32.9 Å². The number of amides is 2. The summed E-state index contributed by atoms with van der Waals surface area (Å²) < 4.78 is 50.4. The summed E-state index contributed by atoms with van der Waals surface area (Å²) in [5, 5.41) is 10.6. The first-order valence-electron chi connectivity index (χ1n) is 11.4. The lowest BCUT2D eigenvalue weighted by atomic mass is 9.89. The third-order valence-corrected chi connectivity index (χ3v) is 5.86. The van der Waals surface area contributed by atoms with E-state index in [9.17, 15) is 22.8 Å². The zero-order valence-corrected chi connectivity index (χ0v) is 20.6. The highest BCUT2D eigenvalue weighted by molar-refractivity contribution is 5.96. The molecule has 2 amide bonds. The number of rotatable bonds is 6. The van der Waals surface area contributed by atoms with Crippen molar-refractivity contribution in [3.8, 4) is 5.88 Å². The highest BCUT2D eigenvalue weighted by Crippen LogP contribution is 2.32. The summed E-state index contributed by atoms with van der Waals surface area (Å²) >= 11 is 0. The molecule has 0 spiro atoms. The lowest BCUT2D eigenvalue weighted by Crippen LogP contribution is -2.49. The van der Waals surface area contributed by atoms with Gasteiger partial charge in [-0.2, -0.15) is 13.2 Å². The van der Waals surface area contributed by atoms with E-state index in [4.69, 9.17) is 9.47 Å². The number of methoxy groups -OCH3 is 1. The van der Waals surface area contributed by atoms with Crippen molar-refractivity contribution in [1.82, 2.24) is 20.4 Å². The minimum atomic E-state index is -4.61. The molecule has 196 valence electrons. The zero-order valence-electron chi connectivity index (χ0n) is 20.6. The number of nitrogens with one attached hydrogen (secondary N) is 1. The molecule has 1 unspecified atom stereocenters. The van der Waals surface area contributed by atoms with Gasteiger partial charge < -0.3 is 24.6 Å². The topological polar surface area (TPSA) is 96.9 Å². The largest absolute Gasteiger partial charge is 0.417 e. The fourth-order valence-corrected chi connectivity index (χ4v) is 3.81. The summed E-state index contributed by atoms with van der Waals surface area (Å²) in [5.41, 5.74) is -1.48. The second-order valence-corrected chi connectivity index (χ2v) is 9.41. The maximum Gasteiger partial charge on any atom is 0.417 e. The van der Waals surface area contributed by atoms with Crippen LogP contribution in [0.1, 0.15) is 36.7 Å². The van der Waals surface area contributed by atoms with Gasteiger partial charge >= 0.3 is 12.3 Å². The zero-order chi connectivity index (χ0) is 26.5. The van der Waals surface area contributed by atoms with Gasteiger partial charge in [-0.3, -0.25) is 4.79 Å². The minimum Gasteiger partial charge on any atom is -0.390 e. The van der Waals surface area contributed by atoms with Gasteiger partial charge in [-0.25, -0.2) is 4.79 Å². The van der Waals surface area contributed by atoms with Crippen LogP contribution in [0.4, 0.5) is 23.8 Å². The first kappa shape index (κ1) is 27.2. The number of hydrogen-bond donors (Lipinski definition) is 1. The van der Waals surface area contributed by atoms with Crippen LogP contribution in [0, 0.1) is 5.41 Å². The average molecular weight is 510 g/mol. The molecule has 2 heterocycles. The van der Waals surface area contributed by atoms with E-state index in [0.717, 1.165) is 6.07 Å². The second-order valence-electron chi connectivity index (χ2n) is 9.41. The second kappa shape index (κ2) is 11.1. The van der Waals surface area contributed by atoms with Gasteiger partial charge in [0.25, 0.3) is 5.91 Å². The molecular formula is C24H30F3N5O4. The molecule has 3 rings (SSSR count). The monoisotopic (exact) mass is 509 g/mol. The summed E-state index contributed by atoms with van der Waals surface area (Å²) in [6, 6.07) is 7.89. The molecule has 2 aromatic rings. The normalized spacial score (nSPS) is 15.4. The molecule has 12 heteroatoms. The first-order valence-corrected chi connectivity index (χ1v) is 11.4. The van der Waals surface area contributed by atoms with Gasteiger partial charge in [-0.15, -0.1) is 10.2 Å². The molecule has 1 aliphatic rings. The van der Waals surface area contributed by atoms with E-state index >= 15 is 0 Å². The number of benzene rings is 1. The average Bonchev–Trinajstić information content (AvgIpc) is 2.83. The molecule has 36 heavy (non-hydrogen) atoms. The maximum atomic E-state index is 13.3. The smallest absolute Gasteiger partial charge is 0.390 e. The predicted octanol–water partition coefficient (Wildman–Crippen LogP) is 3.61. The molecule has 0 radical (unpaired) electrons. The maximum absolute atomic E-state index is 13.3. The Labute approximate surface area is 207 Å². The fraction of sp³-hybridized carbons (Fsp3) is 0.500. The number of anilines is 1. The minimum absolute atomic E-state index is 0.0125. The van der Waals surface area contributed by atoms with E-state index in [1.165, 1.54) is 29.2 Å². The van der Waals surface area contributed by atoms with E-state index in [0.29, 0.717) is 18.9 Å². The van der Waals surface area contributed by atoms with Crippen LogP contribution >= 0.6 is 0 Å². The molecule has 9 nitrogen and oxygen atoms in total. The van der Waals surface area contributed by atoms with Crippen molar-refractivity contribution in [3.63, 3.8) is 0 Å². The van der Waals surface area contributed by atoms with Crippen LogP contribution in [0.3, 0.4) is 0 Å². The van der Waals surface area contributed by atoms with E-state index < -0.39 is 23.7 Å². The van der Waals surface area contributed by atoms with Crippen molar-refractivity contribution in [2.24, 2.45) is 5.41 Å². The van der Waals surface area contributed by atoms with Crippen LogP contribution in [0.25, 0.3) is 0 Å². The summed E-state index contributed by atoms with van der Waals surface area (Å²) in [6.07, 6.45) is -5.50. The quantitative estimate of drug-likeness (QED) is 0.636.